The predicted octanol–water partition coefficient (Wildman–Crippen LogP) is 7.92. The van der Waals surface area contributed by atoms with Crippen molar-refractivity contribution < 1.29 is 4.79 Å². The lowest BCUT2D eigenvalue weighted by Gasteiger charge is -2.41. The number of hydrogen-bond acceptors (Lipinski definition) is 1. The molecular formula is C32H34N2O. The van der Waals surface area contributed by atoms with Crippen LogP contribution in [0.1, 0.15) is 55.7 Å². The molecule has 2 amide bonds. The van der Waals surface area contributed by atoms with Crippen molar-refractivity contribution in [1.82, 2.24) is 4.90 Å². The van der Waals surface area contributed by atoms with E-state index in [0.29, 0.717) is 5.92 Å². The first-order chi connectivity index (χ1) is 17.0. The van der Waals surface area contributed by atoms with Crippen LogP contribution >= 0.6 is 0 Å². The van der Waals surface area contributed by atoms with Crippen molar-refractivity contribution >= 4 is 33.3 Å². The third-order valence-electron chi connectivity index (χ3n) is 8.32. The highest BCUT2D eigenvalue weighted by atomic mass is 16.2. The number of benzene rings is 4. The van der Waals surface area contributed by atoms with Gasteiger partial charge in [0, 0.05) is 18.8 Å². The molecule has 1 N–H and O–H groups in total. The van der Waals surface area contributed by atoms with E-state index in [4.69, 9.17) is 0 Å². The van der Waals surface area contributed by atoms with E-state index < -0.39 is 0 Å². The number of fused-ring (bicyclic) bond motifs is 5. The van der Waals surface area contributed by atoms with Gasteiger partial charge in [-0.05, 0) is 93.8 Å². The van der Waals surface area contributed by atoms with Gasteiger partial charge in [0.15, 0.2) is 0 Å². The Labute approximate surface area is 208 Å². The van der Waals surface area contributed by atoms with Crippen molar-refractivity contribution in [2.24, 2.45) is 5.41 Å². The summed E-state index contributed by atoms with van der Waals surface area (Å²) in [5.74, 6) is 0.403. The van der Waals surface area contributed by atoms with E-state index in [1.165, 1.54) is 44.7 Å². The van der Waals surface area contributed by atoms with Gasteiger partial charge in [0.05, 0.1) is 0 Å². The number of amides is 2. The SMILES string of the molecule is CC1(C)Cc2c(ccc3c2ccc2ccccc23)CC1c1cccc(NC(=O)N2CCCCC2)c1. The largest absolute Gasteiger partial charge is 0.325 e. The summed E-state index contributed by atoms with van der Waals surface area (Å²) < 4.78 is 0. The van der Waals surface area contributed by atoms with Gasteiger partial charge < -0.3 is 10.2 Å². The molecule has 1 atom stereocenters. The van der Waals surface area contributed by atoms with Crippen LogP contribution in [0.3, 0.4) is 0 Å². The normalized spacial score (nSPS) is 19.5. The Hall–Kier alpha value is -3.33. The molecule has 0 spiro atoms. The van der Waals surface area contributed by atoms with Gasteiger partial charge in [0.2, 0.25) is 0 Å². The second kappa shape index (κ2) is 8.71. The maximum Gasteiger partial charge on any atom is 0.321 e. The van der Waals surface area contributed by atoms with Gasteiger partial charge in [-0.25, -0.2) is 4.79 Å². The van der Waals surface area contributed by atoms with Crippen molar-refractivity contribution in [1.29, 1.82) is 0 Å². The predicted molar refractivity (Wildman–Crippen MR) is 146 cm³/mol. The zero-order valence-electron chi connectivity index (χ0n) is 20.8. The number of hydrogen-bond donors (Lipinski definition) is 1. The van der Waals surface area contributed by atoms with E-state index in [0.717, 1.165) is 44.5 Å². The average molecular weight is 463 g/mol. The second-order valence-electron chi connectivity index (χ2n) is 11.1. The summed E-state index contributed by atoms with van der Waals surface area (Å²) in [6, 6.07) is 26.6. The zero-order chi connectivity index (χ0) is 24.0. The van der Waals surface area contributed by atoms with Crippen molar-refractivity contribution in [3.8, 4) is 0 Å². The number of rotatable bonds is 2. The first kappa shape index (κ1) is 22.2. The number of nitrogens with one attached hydrogen (secondary N) is 1. The van der Waals surface area contributed by atoms with Crippen molar-refractivity contribution in [2.45, 2.75) is 51.9 Å². The van der Waals surface area contributed by atoms with Crippen LogP contribution < -0.4 is 5.32 Å². The lowest BCUT2D eigenvalue weighted by Crippen LogP contribution is -2.38. The highest BCUT2D eigenvalue weighted by molar-refractivity contribution is 6.08. The summed E-state index contributed by atoms with van der Waals surface area (Å²) in [5.41, 5.74) is 5.30. The molecule has 3 nitrogen and oxygen atoms in total. The van der Waals surface area contributed by atoms with Crippen LogP contribution in [0.4, 0.5) is 10.5 Å². The Balaban J connectivity index is 1.32. The van der Waals surface area contributed by atoms with Crippen molar-refractivity contribution in [3.05, 3.63) is 89.5 Å². The summed E-state index contributed by atoms with van der Waals surface area (Å²) >= 11 is 0. The number of nitrogens with zero attached hydrogens (tertiary/aromatic N) is 1. The van der Waals surface area contributed by atoms with Crippen LogP contribution in [0.5, 0.6) is 0 Å². The van der Waals surface area contributed by atoms with Crippen molar-refractivity contribution in [3.63, 3.8) is 0 Å². The molecule has 0 radical (unpaired) electrons. The summed E-state index contributed by atoms with van der Waals surface area (Å²) in [6.45, 7) is 6.53. The highest BCUT2D eigenvalue weighted by Crippen LogP contribution is 2.48. The minimum Gasteiger partial charge on any atom is -0.325 e. The van der Waals surface area contributed by atoms with Gasteiger partial charge >= 0.3 is 6.03 Å². The second-order valence-corrected chi connectivity index (χ2v) is 11.1. The van der Waals surface area contributed by atoms with Crippen LogP contribution in [0, 0.1) is 5.41 Å². The Morgan fingerprint density at radius 3 is 2.51 bits per heavy atom. The molecule has 0 aromatic heterocycles. The van der Waals surface area contributed by atoms with Gasteiger partial charge in [-0.3, -0.25) is 0 Å². The number of anilines is 1. The number of carbonyl (C=O) groups is 1. The summed E-state index contributed by atoms with van der Waals surface area (Å²) in [4.78, 5) is 14.7. The standard InChI is InChI=1S/C32H34N2O/c1-32(2)21-29-23(14-16-27-26-12-5-4-9-22(26)13-15-28(27)29)20-30(32)24-10-8-11-25(19-24)33-31(35)34-17-6-3-7-18-34/h4-5,8-16,19,30H,3,6-7,17-18,20-21H2,1-2H3,(H,33,35). The molecule has 3 heteroatoms. The zero-order valence-corrected chi connectivity index (χ0v) is 20.8. The van der Waals surface area contributed by atoms with Crippen LogP contribution in [0.15, 0.2) is 72.8 Å². The fourth-order valence-electron chi connectivity index (χ4n) is 6.37. The lowest BCUT2D eigenvalue weighted by atomic mass is 9.63. The highest BCUT2D eigenvalue weighted by Gasteiger charge is 2.37. The Kier molecular flexibility index (Phi) is 5.51. The van der Waals surface area contributed by atoms with Crippen LogP contribution in [-0.4, -0.2) is 24.0 Å². The van der Waals surface area contributed by atoms with Crippen LogP contribution in [0.2, 0.25) is 0 Å². The molecule has 1 heterocycles. The monoisotopic (exact) mass is 462 g/mol. The molecule has 0 saturated carbocycles. The first-order valence-electron chi connectivity index (χ1n) is 13.1. The third-order valence-corrected chi connectivity index (χ3v) is 8.32. The molecule has 1 unspecified atom stereocenters. The van der Waals surface area contributed by atoms with E-state index in [-0.39, 0.29) is 11.4 Å². The topological polar surface area (TPSA) is 32.3 Å². The van der Waals surface area contributed by atoms with Gasteiger partial charge in [0.25, 0.3) is 0 Å². The molecule has 6 rings (SSSR count). The average Bonchev–Trinajstić information content (AvgIpc) is 2.88. The minimum absolute atomic E-state index is 0.0359. The first-order valence-corrected chi connectivity index (χ1v) is 13.1. The third kappa shape index (κ3) is 4.07. The van der Waals surface area contributed by atoms with Gasteiger partial charge in [-0.1, -0.05) is 74.5 Å². The quantitative estimate of drug-likeness (QED) is 0.302. The maximum atomic E-state index is 12.8. The molecule has 178 valence electrons. The number of urea groups is 1. The fourth-order valence-corrected chi connectivity index (χ4v) is 6.37. The van der Waals surface area contributed by atoms with E-state index >= 15 is 0 Å². The number of carbonyl (C=O) groups excluding carboxylic acids is 1. The molecule has 0 bridgehead atoms. The van der Waals surface area contributed by atoms with E-state index in [2.05, 4.69) is 85.9 Å². The fraction of sp³-hybridized carbons (Fsp3) is 0.344. The van der Waals surface area contributed by atoms with Gasteiger partial charge in [0.1, 0.15) is 0 Å². The van der Waals surface area contributed by atoms with E-state index in [1.54, 1.807) is 0 Å². The Bertz CT molecular complexity index is 1410. The van der Waals surface area contributed by atoms with Crippen molar-refractivity contribution in [2.75, 3.05) is 18.4 Å². The van der Waals surface area contributed by atoms with E-state index in [1.807, 2.05) is 11.0 Å². The van der Waals surface area contributed by atoms with Gasteiger partial charge in [-0.2, -0.15) is 0 Å². The Morgan fingerprint density at radius 2 is 1.66 bits per heavy atom. The minimum atomic E-state index is 0.0359. The molecule has 1 fully saturated rings. The molecule has 1 saturated heterocycles. The molecule has 4 aromatic rings. The molecule has 1 aliphatic heterocycles. The molecule has 2 aliphatic rings. The number of likely N-dealkylation sites (tertiary alicyclic amines) is 1. The summed E-state index contributed by atoms with van der Waals surface area (Å²) in [7, 11) is 0. The van der Waals surface area contributed by atoms with Crippen LogP contribution in [0.25, 0.3) is 21.5 Å². The summed E-state index contributed by atoms with van der Waals surface area (Å²) in [5, 5.41) is 8.56. The maximum absolute atomic E-state index is 12.8. The van der Waals surface area contributed by atoms with Gasteiger partial charge in [-0.15, -0.1) is 0 Å². The lowest BCUT2D eigenvalue weighted by molar-refractivity contribution is 0.200. The van der Waals surface area contributed by atoms with E-state index in [9.17, 15) is 4.79 Å². The molecule has 4 aromatic carbocycles. The molecular weight excluding hydrogens is 428 g/mol. The smallest absolute Gasteiger partial charge is 0.321 e. The molecule has 35 heavy (non-hydrogen) atoms. The Morgan fingerprint density at radius 1 is 0.857 bits per heavy atom. The van der Waals surface area contributed by atoms with Crippen LogP contribution in [-0.2, 0) is 12.8 Å². The number of piperidine rings is 1. The summed E-state index contributed by atoms with van der Waals surface area (Å²) in [6.07, 6.45) is 5.51. The molecule has 1 aliphatic carbocycles.